The smallest absolute Gasteiger partial charge is 0.0876 e. The number of hydroxylamine groups is 1. The van der Waals surface area contributed by atoms with Crippen LogP contribution in [0.15, 0.2) is 35.9 Å². The molecule has 1 rings (SSSR count). The molecular weight excluding hydrogens is 210 g/mol. The second-order valence-corrected chi connectivity index (χ2v) is 4.42. The van der Waals surface area contributed by atoms with Crippen LogP contribution < -0.4 is 5.48 Å². The predicted octanol–water partition coefficient (Wildman–Crippen LogP) is 3.54. The standard InChI is InChI=1S/C12H16ClNO/c1-12(2,3)15-14-11(9-13)10-7-5-4-6-8-10/h4-9,14H,1-3H3. The van der Waals surface area contributed by atoms with E-state index >= 15 is 0 Å². The van der Waals surface area contributed by atoms with E-state index in [0.717, 1.165) is 11.3 Å². The molecule has 1 aromatic carbocycles. The molecule has 0 amide bonds. The third kappa shape index (κ3) is 4.36. The fraction of sp³-hybridized carbons (Fsp3) is 0.333. The van der Waals surface area contributed by atoms with Gasteiger partial charge in [0.2, 0.25) is 0 Å². The van der Waals surface area contributed by atoms with Gasteiger partial charge >= 0.3 is 0 Å². The topological polar surface area (TPSA) is 21.3 Å². The molecular formula is C12H16ClNO. The van der Waals surface area contributed by atoms with Crippen LogP contribution in [0.4, 0.5) is 0 Å². The monoisotopic (exact) mass is 225 g/mol. The highest BCUT2D eigenvalue weighted by atomic mass is 35.5. The molecule has 15 heavy (non-hydrogen) atoms. The van der Waals surface area contributed by atoms with Crippen molar-refractivity contribution >= 4 is 17.3 Å². The predicted molar refractivity (Wildman–Crippen MR) is 64.2 cm³/mol. The maximum atomic E-state index is 5.73. The highest BCUT2D eigenvalue weighted by Gasteiger charge is 2.11. The van der Waals surface area contributed by atoms with Gasteiger partial charge in [0.25, 0.3) is 0 Å². The maximum Gasteiger partial charge on any atom is 0.0876 e. The van der Waals surface area contributed by atoms with Crippen molar-refractivity contribution in [2.45, 2.75) is 26.4 Å². The number of hydrogen-bond donors (Lipinski definition) is 1. The zero-order chi connectivity index (χ0) is 11.3. The summed E-state index contributed by atoms with van der Waals surface area (Å²) in [6.07, 6.45) is 0. The van der Waals surface area contributed by atoms with E-state index in [1.54, 1.807) is 0 Å². The van der Waals surface area contributed by atoms with Crippen molar-refractivity contribution in [2.75, 3.05) is 0 Å². The van der Waals surface area contributed by atoms with Crippen molar-refractivity contribution in [3.63, 3.8) is 0 Å². The van der Waals surface area contributed by atoms with Crippen LogP contribution in [0.25, 0.3) is 5.70 Å². The lowest BCUT2D eigenvalue weighted by atomic mass is 10.2. The van der Waals surface area contributed by atoms with Gasteiger partial charge in [-0.15, -0.1) is 0 Å². The molecule has 1 N–H and O–H groups in total. The summed E-state index contributed by atoms with van der Waals surface area (Å²) in [6, 6.07) is 9.80. The Morgan fingerprint density at radius 1 is 1.27 bits per heavy atom. The van der Waals surface area contributed by atoms with Gasteiger partial charge in [0.15, 0.2) is 0 Å². The minimum atomic E-state index is -0.250. The summed E-state index contributed by atoms with van der Waals surface area (Å²) in [5, 5.41) is 0. The fourth-order valence-electron chi connectivity index (χ4n) is 0.970. The molecule has 0 bridgehead atoms. The normalized spacial score (nSPS) is 12.7. The number of halogens is 1. The first-order chi connectivity index (χ1) is 7.03. The number of nitrogens with one attached hydrogen (secondary N) is 1. The lowest BCUT2D eigenvalue weighted by Gasteiger charge is -2.21. The van der Waals surface area contributed by atoms with Gasteiger partial charge in [-0.2, -0.15) is 0 Å². The van der Waals surface area contributed by atoms with Gasteiger partial charge in [-0.1, -0.05) is 41.9 Å². The molecule has 0 spiro atoms. The van der Waals surface area contributed by atoms with E-state index < -0.39 is 0 Å². The van der Waals surface area contributed by atoms with Crippen molar-refractivity contribution in [1.29, 1.82) is 0 Å². The molecule has 0 heterocycles. The van der Waals surface area contributed by atoms with Gasteiger partial charge < -0.3 is 0 Å². The van der Waals surface area contributed by atoms with E-state index in [-0.39, 0.29) is 5.60 Å². The number of benzene rings is 1. The van der Waals surface area contributed by atoms with E-state index in [9.17, 15) is 0 Å². The number of hydrogen-bond acceptors (Lipinski definition) is 2. The molecule has 2 nitrogen and oxygen atoms in total. The summed E-state index contributed by atoms with van der Waals surface area (Å²) in [7, 11) is 0. The second-order valence-electron chi connectivity index (χ2n) is 4.21. The Kier molecular flexibility index (Phi) is 4.18. The van der Waals surface area contributed by atoms with E-state index in [1.165, 1.54) is 5.54 Å². The molecule has 0 aliphatic rings. The van der Waals surface area contributed by atoms with Crippen molar-refractivity contribution in [2.24, 2.45) is 0 Å². The maximum absolute atomic E-state index is 5.73. The molecule has 82 valence electrons. The molecule has 0 atom stereocenters. The second kappa shape index (κ2) is 5.19. The van der Waals surface area contributed by atoms with Crippen LogP contribution in [-0.4, -0.2) is 5.60 Å². The number of rotatable bonds is 3. The summed E-state index contributed by atoms with van der Waals surface area (Å²) in [6.45, 7) is 5.91. The quantitative estimate of drug-likeness (QED) is 0.795. The molecule has 1 aromatic rings. The average molecular weight is 226 g/mol. The Morgan fingerprint density at radius 3 is 2.33 bits per heavy atom. The Bertz CT molecular complexity index is 327. The van der Waals surface area contributed by atoms with Gasteiger partial charge in [-0.25, -0.2) is 0 Å². The van der Waals surface area contributed by atoms with Crippen LogP contribution >= 0.6 is 11.6 Å². The first-order valence-corrected chi connectivity index (χ1v) is 5.26. The zero-order valence-electron chi connectivity index (χ0n) is 9.25. The van der Waals surface area contributed by atoms with E-state index in [0.29, 0.717) is 0 Å². The largest absolute Gasteiger partial charge is 0.270 e. The van der Waals surface area contributed by atoms with Gasteiger partial charge in [0.1, 0.15) is 0 Å². The lowest BCUT2D eigenvalue weighted by Crippen LogP contribution is -2.28. The summed E-state index contributed by atoms with van der Waals surface area (Å²) in [5.41, 5.74) is 5.83. The van der Waals surface area contributed by atoms with Crippen LogP contribution in [0.1, 0.15) is 26.3 Å². The zero-order valence-corrected chi connectivity index (χ0v) is 10.0. The van der Waals surface area contributed by atoms with E-state index in [2.05, 4.69) is 5.48 Å². The van der Waals surface area contributed by atoms with Gasteiger partial charge in [-0.05, 0) is 20.8 Å². The molecule has 0 aliphatic heterocycles. The minimum absolute atomic E-state index is 0.250. The fourth-order valence-corrected chi connectivity index (χ4v) is 1.14. The molecule has 0 aromatic heterocycles. The Hall–Kier alpha value is -0.990. The molecule has 0 fully saturated rings. The van der Waals surface area contributed by atoms with Crippen molar-refractivity contribution in [3.8, 4) is 0 Å². The molecule has 0 saturated heterocycles. The first-order valence-electron chi connectivity index (χ1n) is 4.83. The molecule has 0 aliphatic carbocycles. The van der Waals surface area contributed by atoms with Crippen LogP contribution in [0.2, 0.25) is 0 Å². The van der Waals surface area contributed by atoms with Crippen molar-refractivity contribution in [1.82, 2.24) is 5.48 Å². The summed E-state index contributed by atoms with van der Waals surface area (Å²) >= 11 is 5.73. The Labute approximate surface area is 95.9 Å². The lowest BCUT2D eigenvalue weighted by molar-refractivity contribution is -0.0470. The Balaban J connectivity index is 2.67. The van der Waals surface area contributed by atoms with Crippen LogP contribution in [0.3, 0.4) is 0 Å². The SMILES string of the molecule is CC(C)(C)ONC(=CCl)c1ccccc1. The minimum Gasteiger partial charge on any atom is -0.270 e. The molecule has 3 heteroatoms. The van der Waals surface area contributed by atoms with Crippen LogP contribution in [0.5, 0.6) is 0 Å². The first kappa shape index (κ1) is 12.1. The van der Waals surface area contributed by atoms with Crippen molar-refractivity contribution in [3.05, 3.63) is 41.4 Å². The van der Waals surface area contributed by atoms with Crippen LogP contribution in [0, 0.1) is 0 Å². The van der Waals surface area contributed by atoms with Gasteiger partial charge in [0, 0.05) is 11.1 Å². The van der Waals surface area contributed by atoms with Crippen molar-refractivity contribution < 1.29 is 4.84 Å². The van der Waals surface area contributed by atoms with Gasteiger partial charge in [0.05, 0.1) is 11.3 Å². The summed E-state index contributed by atoms with van der Waals surface area (Å²) in [5.74, 6) is 0. The van der Waals surface area contributed by atoms with Crippen LogP contribution in [-0.2, 0) is 4.84 Å². The molecule has 0 unspecified atom stereocenters. The highest BCUT2D eigenvalue weighted by Crippen LogP contribution is 2.14. The van der Waals surface area contributed by atoms with E-state index in [4.69, 9.17) is 16.4 Å². The average Bonchev–Trinajstić information content (AvgIpc) is 2.19. The third-order valence-corrected chi connectivity index (χ3v) is 1.88. The van der Waals surface area contributed by atoms with Gasteiger partial charge in [-0.3, -0.25) is 10.3 Å². The summed E-state index contributed by atoms with van der Waals surface area (Å²) < 4.78 is 0. The Morgan fingerprint density at radius 2 is 1.87 bits per heavy atom. The molecule has 0 radical (unpaired) electrons. The third-order valence-electron chi connectivity index (χ3n) is 1.66. The highest BCUT2D eigenvalue weighted by molar-refractivity contribution is 6.28. The summed E-state index contributed by atoms with van der Waals surface area (Å²) in [4.78, 5) is 5.43. The molecule has 0 saturated carbocycles. The van der Waals surface area contributed by atoms with E-state index in [1.807, 2.05) is 51.1 Å².